The molecule has 10 heteroatoms. The molecule has 0 fully saturated rings. The summed E-state index contributed by atoms with van der Waals surface area (Å²) >= 11 is 0. The van der Waals surface area contributed by atoms with Crippen LogP contribution in [0.3, 0.4) is 0 Å². The standard InChI is InChI=1S/C24H40O10/c1-5-9-15-31-23(27)19(13-17-29-7-3)33-21(25)11-12-22(26)34-20(14-18-30-8-4)24(28)32-16-10-6-2/h11-12,19-20H,5-10,13-18H2,1-4H3/b12-11+. The molecule has 0 aliphatic rings. The molecular weight excluding hydrogens is 448 g/mol. The summed E-state index contributed by atoms with van der Waals surface area (Å²) in [5, 5.41) is 0. The molecule has 0 rings (SSSR count). The third-order valence-corrected chi connectivity index (χ3v) is 4.34. The van der Waals surface area contributed by atoms with E-state index >= 15 is 0 Å². The van der Waals surface area contributed by atoms with Crippen LogP contribution in [0, 0.1) is 0 Å². The first-order chi connectivity index (χ1) is 16.4. The topological polar surface area (TPSA) is 124 Å². The van der Waals surface area contributed by atoms with Crippen molar-refractivity contribution in [2.24, 2.45) is 0 Å². The Hall–Kier alpha value is -2.46. The van der Waals surface area contributed by atoms with Crippen LogP contribution in [0.4, 0.5) is 0 Å². The van der Waals surface area contributed by atoms with Crippen molar-refractivity contribution >= 4 is 23.9 Å². The molecule has 0 radical (unpaired) electrons. The second-order valence-electron chi connectivity index (χ2n) is 7.20. The molecule has 0 aromatic rings. The van der Waals surface area contributed by atoms with Crippen LogP contribution in [-0.4, -0.2) is 75.7 Å². The summed E-state index contributed by atoms with van der Waals surface area (Å²) in [7, 11) is 0. The number of carbonyl (C=O) groups is 4. The maximum absolute atomic E-state index is 12.2. The monoisotopic (exact) mass is 488 g/mol. The SMILES string of the molecule is CCCCOC(=O)C(CCOCC)OC(=O)/C=C/C(=O)OC(CCOCC)C(=O)OCCCC. The first-order valence-electron chi connectivity index (χ1n) is 12.0. The van der Waals surface area contributed by atoms with Crippen LogP contribution < -0.4 is 0 Å². The predicted octanol–water partition coefficient (Wildman–Crippen LogP) is 2.91. The lowest BCUT2D eigenvalue weighted by Gasteiger charge is -2.16. The minimum Gasteiger partial charge on any atom is -0.463 e. The molecule has 0 saturated heterocycles. The summed E-state index contributed by atoms with van der Waals surface area (Å²) in [6.07, 6.45) is 2.64. The highest BCUT2D eigenvalue weighted by Crippen LogP contribution is 2.07. The lowest BCUT2D eigenvalue weighted by molar-refractivity contribution is -0.167. The van der Waals surface area contributed by atoms with E-state index < -0.39 is 36.1 Å². The number of hydrogen-bond acceptors (Lipinski definition) is 10. The van der Waals surface area contributed by atoms with Crippen LogP contribution >= 0.6 is 0 Å². The van der Waals surface area contributed by atoms with E-state index in [0.717, 1.165) is 25.0 Å². The molecule has 196 valence electrons. The van der Waals surface area contributed by atoms with E-state index in [2.05, 4.69) is 0 Å². The zero-order valence-corrected chi connectivity index (χ0v) is 20.9. The van der Waals surface area contributed by atoms with Crippen molar-refractivity contribution < 1.29 is 47.6 Å². The van der Waals surface area contributed by atoms with Crippen LogP contribution in [0.25, 0.3) is 0 Å². The highest BCUT2D eigenvalue weighted by molar-refractivity contribution is 5.93. The molecule has 0 saturated carbocycles. The van der Waals surface area contributed by atoms with Crippen molar-refractivity contribution in [3.05, 3.63) is 12.2 Å². The van der Waals surface area contributed by atoms with E-state index in [9.17, 15) is 19.2 Å². The number of carbonyl (C=O) groups excluding carboxylic acids is 4. The summed E-state index contributed by atoms with van der Waals surface area (Å²) in [6, 6.07) is 0. The molecule has 0 aromatic carbocycles. The quantitative estimate of drug-likeness (QED) is 0.109. The summed E-state index contributed by atoms with van der Waals surface area (Å²) in [6.45, 7) is 9.25. The van der Waals surface area contributed by atoms with E-state index in [-0.39, 0.29) is 39.3 Å². The van der Waals surface area contributed by atoms with E-state index in [0.29, 0.717) is 26.1 Å². The highest BCUT2D eigenvalue weighted by atomic mass is 16.6. The van der Waals surface area contributed by atoms with Gasteiger partial charge in [-0.1, -0.05) is 26.7 Å². The minimum atomic E-state index is -1.16. The summed E-state index contributed by atoms with van der Waals surface area (Å²) in [5.74, 6) is -3.21. The Kier molecular flexibility index (Phi) is 19.6. The zero-order chi connectivity index (χ0) is 25.6. The Morgan fingerprint density at radius 2 is 1.00 bits per heavy atom. The van der Waals surface area contributed by atoms with Crippen molar-refractivity contribution in [2.75, 3.05) is 39.6 Å². The van der Waals surface area contributed by atoms with E-state index in [4.69, 9.17) is 28.4 Å². The first kappa shape index (κ1) is 31.5. The van der Waals surface area contributed by atoms with Gasteiger partial charge in [-0.05, 0) is 26.7 Å². The lowest BCUT2D eigenvalue weighted by Crippen LogP contribution is -2.31. The fraction of sp³-hybridized carbons (Fsp3) is 0.750. The third kappa shape index (κ3) is 16.2. The largest absolute Gasteiger partial charge is 0.463 e. The van der Waals surface area contributed by atoms with Crippen molar-refractivity contribution in [3.8, 4) is 0 Å². The predicted molar refractivity (Wildman–Crippen MR) is 123 cm³/mol. The second-order valence-corrected chi connectivity index (χ2v) is 7.20. The Balaban J connectivity index is 4.91. The van der Waals surface area contributed by atoms with E-state index in [1.165, 1.54) is 0 Å². The van der Waals surface area contributed by atoms with Crippen molar-refractivity contribution in [1.82, 2.24) is 0 Å². The number of ether oxygens (including phenoxy) is 6. The van der Waals surface area contributed by atoms with Gasteiger partial charge in [-0.15, -0.1) is 0 Å². The maximum Gasteiger partial charge on any atom is 0.347 e. The molecule has 0 heterocycles. The first-order valence-corrected chi connectivity index (χ1v) is 12.0. The average molecular weight is 489 g/mol. The molecule has 0 aliphatic carbocycles. The normalized spacial score (nSPS) is 12.7. The Morgan fingerprint density at radius 3 is 1.32 bits per heavy atom. The molecule has 0 aliphatic heterocycles. The van der Waals surface area contributed by atoms with Crippen LogP contribution in [0.5, 0.6) is 0 Å². The van der Waals surface area contributed by atoms with Crippen LogP contribution in [0.15, 0.2) is 12.2 Å². The summed E-state index contributed by atoms with van der Waals surface area (Å²) in [4.78, 5) is 48.7. The minimum absolute atomic E-state index is 0.117. The zero-order valence-electron chi connectivity index (χ0n) is 20.9. The molecular formula is C24H40O10. The van der Waals surface area contributed by atoms with Crippen LogP contribution in [-0.2, 0) is 47.6 Å². The smallest absolute Gasteiger partial charge is 0.347 e. The Bertz CT molecular complexity index is 565. The van der Waals surface area contributed by atoms with Gasteiger partial charge in [-0.25, -0.2) is 19.2 Å². The molecule has 2 atom stereocenters. The van der Waals surface area contributed by atoms with Crippen molar-refractivity contribution in [1.29, 1.82) is 0 Å². The lowest BCUT2D eigenvalue weighted by atomic mass is 10.2. The second kappa shape index (κ2) is 21.1. The van der Waals surface area contributed by atoms with Gasteiger partial charge < -0.3 is 28.4 Å². The van der Waals surface area contributed by atoms with Crippen molar-refractivity contribution in [2.45, 2.75) is 78.4 Å². The number of esters is 4. The van der Waals surface area contributed by atoms with Gasteiger partial charge in [0.1, 0.15) is 0 Å². The Morgan fingerprint density at radius 1 is 0.618 bits per heavy atom. The van der Waals surface area contributed by atoms with Gasteiger partial charge in [0, 0.05) is 38.2 Å². The van der Waals surface area contributed by atoms with E-state index in [1.807, 2.05) is 13.8 Å². The summed E-state index contributed by atoms with van der Waals surface area (Å²) < 4.78 is 30.9. The number of unbranched alkanes of at least 4 members (excludes halogenated alkanes) is 2. The summed E-state index contributed by atoms with van der Waals surface area (Å²) in [5.41, 5.74) is 0. The van der Waals surface area contributed by atoms with Crippen LogP contribution in [0.1, 0.15) is 66.2 Å². The van der Waals surface area contributed by atoms with Gasteiger partial charge in [0.15, 0.2) is 0 Å². The molecule has 0 aromatic heterocycles. The van der Waals surface area contributed by atoms with Gasteiger partial charge in [-0.3, -0.25) is 0 Å². The fourth-order valence-electron chi connectivity index (χ4n) is 2.43. The highest BCUT2D eigenvalue weighted by Gasteiger charge is 2.25. The molecule has 34 heavy (non-hydrogen) atoms. The van der Waals surface area contributed by atoms with Gasteiger partial charge in [0.25, 0.3) is 0 Å². The van der Waals surface area contributed by atoms with Crippen molar-refractivity contribution in [3.63, 3.8) is 0 Å². The number of hydrogen-bond donors (Lipinski definition) is 0. The molecule has 0 amide bonds. The van der Waals surface area contributed by atoms with Gasteiger partial charge >= 0.3 is 23.9 Å². The molecule has 10 nitrogen and oxygen atoms in total. The molecule has 2 unspecified atom stereocenters. The fourth-order valence-corrected chi connectivity index (χ4v) is 2.43. The van der Waals surface area contributed by atoms with Gasteiger partial charge in [-0.2, -0.15) is 0 Å². The molecule has 0 bridgehead atoms. The van der Waals surface area contributed by atoms with Gasteiger partial charge in [0.2, 0.25) is 12.2 Å². The molecule has 0 N–H and O–H groups in total. The Labute approximate surface area is 202 Å². The average Bonchev–Trinajstić information content (AvgIpc) is 2.81. The maximum atomic E-state index is 12.2. The van der Waals surface area contributed by atoms with E-state index in [1.54, 1.807) is 13.8 Å². The van der Waals surface area contributed by atoms with Gasteiger partial charge in [0.05, 0.1) is 26.4 Å². The third-order valence-electron chi connectivity index (χ3n) is 4.34. The van der Waals surface area contributed by atoms with Crippen LogP contribution in [0.2, 0.25) is 0 Å². The molecule has 0 spiro atoms. The number of rotatable bonds is 20.